The third-order valence-electron chi connectivity index (χ3n) is 3.77. The standard InChI is InChI=1S/C19H11BrClF3N4OS2/c20-14-4-2-1-3-11(14)10-29-27-6-5-16-13(8-25)17(28-31-16)30-18-15(21)7-12(9-26-18)19(22,23)24/h1-4,6-7,9H,5,10H2/b27-6+. The minimum Gasteiger partial charge on any atom is -0.391 e. The Morgan fingerprint density at radius 2 is 2.10 bits per heavy atom. The number of aromatic nitrogens is 2. The van der Waals surface area contributed by atoms with E-state index in [0.717, 1.165) is 39.4 Å². The van der Waals surface area contributed by atoms with Crippen LogP contribution >= 0.6 is 50.8 Å². The maximum absolute atomic E-state index is 12.8. The van der Waals surface area contributed by atoms with Gasteiger partial charge in [0.2, 0.25) is 0 Å². The number of nitrogens with zero attached hydrogens (tertiary/aromatic N) is 4. The van der Waals surface area contributed by atoms with Gasteiger partial charge in [0.1, 0.15) is 28.3 Å². The Kier molecular flexibility index (Phi) is 7.94. The average Bonchev–Trinajstić information content (AvgIpc) is 3.11. The highest BCUT2D eigenvalue weighted by Crippen LogP contribution is 2.38. The van der Waals surface area contributed by atoms with Crippen LogP contribution in [-0.2, 0) is 24.0 Å². The fourth-order valence-corrected chi connectivity index (χ4v) is 4.66. The molecule has 0 radical (unpaired) electrons. The van der Waals surface area contributed by atoms with E-state index in [1.165, 1.54) is 6.21 Å². The van der Waals surface area contributed by atoms with E-state index >= 15 is 0 Å². The molecule has 31 heavy (non-hydrogen) atoms. The van der Waals surface area contributed by atoms with Gasteiger partial charge in [-0.2, -0.15) is 22.8 Å². The Hall–Kier alpha value is -2.13. The number of alkyl halides is 3. The molecule has 2 aromatic heterocycles. The Balaban J connectivity index is 1.64. The molecule has 0 saturated carbocycles. The fraction of sp³-hybridized carbons (Fsp3) is 0.158. The van der Waals surface area contributed by atoms with Crippen LogP contribution < -0.4 is 0 Å². The molecular formula is C19H11BrClF3N4OS2. The molecule has 0 fully saturated rings. The van der Waals surface area contributed by atoms with E-state index < -0.39 is 11.7 Å². The quantitative estimate of drug-likeness (QED) is 0.242. The van der Waals surface area contributed by atoms with E-state index in [0.29, 0.717) is 28.1 Å². The Bertz CT molecular complexity index is 1150. The predicted octanol–water partition coefficient (Wildman–Crippen LogP) is 6.74. The molecule has 0 saturated heterocycles. The SMILES string of the molecule is N#Cc1c(Sc2ncc(C(F)(F)F)cc2Cl)nsc1C/C=N/OCc1ccccc1Br. The number of hydrogen-bond donors (Lipinski definition) is 0. The Morgan fingerprint density at radius 1 is 1.32 bits per heavy atom. The molecule has 3 aromatic rings. The molecule has 0 aliphatic carbocycles. The first-order chi connectivity index (χ1) is 14.8. The zero-order chi connectivity index (χ0) is 22.4. The van der Waals surface area contributed by atoms with E-state index in [2.05, 4.69) is 36.5 Å². The van der Waals surface area contributed by atoms with Gasteiger partial charge >= 0.3 is 6.18 Å². The summed E-state index contributed by atoms with van der Waals surface area (Å²) in [6.45, 7) is 0.283. The molecule has 0 spiro atoms. The molecular weight excluding hydrogens is 537 g/mol. The Morgan fingerprint density at radius 3 is 2.77 bits per heavy atom. The van der Waals surface area contributed by atoms with Gasteiger partial charge in [0, 0.05) is 33.7 Å². The van der Waals surface area contributed by atoms with Gasteiger partial charge in [-0.05, 0) is 35.4 Å². The first-order valence-corrected chi connectivity index (χ1v) is 11.2. The van der Waals surface area contributed by atoms with Crippen molar-refractivity contribution >= 4 is 57.0 Å². The van der Waals surface area contributed by atoms with Gasteiger partial charge in [-0.1, -0.05) is 50.9 Å². The highest BCUT2D eigenvalue weighted by Gasteiger charge is 2.31. The van der Waals surface area contributed by atoms with Crippen LogP contribution in [0.4, 0.5) is 13.2 Å². The summed E-state index contributed by atoms with van der Waals surface area (Å²) in [5.74, 6) is 0. The van der Waals surface area contributed by atoms with E-state index in [1.807, 2.05) is 24.3 Å². The molecule has 12 heteroatoms. The molecule has 0 bridgehead atoms. The molecule has 0 atom stereocenters. The lowest BCUT2D eigenvalue weighted by Crippen LogP contribution is -2.05. The van der Waals surface area contributed by atoms with E-state index in [1.54, 1.807) is 0 Å². The minimum atomic E-state index is -4.54. The third kappa shape index (κ3) is 6.20. The Labute approximate surface area is 197 Å². The zero-order valence-electron chi connectivity index (χ0n) is 15.4. The lowest BCUT2D eigenvalue weighted by atomic mass is 10.2. The highest BCUT2D eigenvalue weighted by molar-refractivity contribution is 9.10. The lowest BCUT2D eigenvalue weighted by Gasteiger charge is -2.08. The van der Waals surface area contributed by atoms with E-state index in [9.17, 15) is 18.4 Å². The molecule has 2 heterocycles. The summed E-state index contributed by atoms with van der Waals surface area (Å²) in [6.07, 6.45) is -2.01. The van der Waals surface area contributed by atoms with Crippen LogP contribution in [0.25, 0.3) is 0 Å². The van der Waals surface area contributed by atoms with Crippen LogP contribution in [-0.4, -0.2) is 15.6 Å². The van der Waals surface area contributed by atoms with Crippen LogP contribution in [0.5, 0.6) is 0 Å². The van der Waals surface area contributed by atoms with Gasteiger partial charge in [-0.3, -0.25) is 0 Å². The fourth-order valence-electron chi connectivity index (χ4n) is 2.27. The monoisotopic (exact) mass is 546 g/mol. The molecule has 1 aromatic carbocycles. The minimum absolute atomic E-state index is 0.133. The topological polar surface area (TPSA) is 71.2 Å². The summed E-state index contributed by atoms with van der Waals surface area (Å²) < 4.78 is 43.4. The molecule has 0 aliphatic heterocycles. The van der Waals surface area contributed by atoms with Crippen molar-refractivity contribution in [1.29, 1.82) is 5.26 Å². The van der Waals surface area contributed by atoms with Gasteiger partial charge in [-0.15, -0.1) is 0 Å². The molecule has 5 nitrogen and oxygen atoms in total. The van der Waals surface area contributed by atoms with Crippen molar-refractivity contribution in [3.63, 3.8) is 0 Å². The largest absolute Gasteiger partial charge is 0.417 e. The molecule has 160 valence electrons. The number of pyridine rings is 1. The van der Waals surface area contributed by atoms with Crippen molar-refractivity contribution in [3.05, 3.63) is 67.6 Å². The van der Waals surface area contributed by atoms with Crippen molar-refractivity contribution < 1.29 is 18.0 Å². The first-order valence-electron chi connectivity index (χ1n) is 8.46. The van der Waals surface area contributed by atoms with Gasteiger partial charge in [0.05, 0.1) is 10.6 Å². The third-order valence-corrected chi connectivity index (χ3v) is 6.94. The maximum atomic E-state index is 12.8. The number of rotatable bonds is 7. The van der Waals surface area contributed by atoms with Gasteiger partial charge in [0.15, 0.2) is 0 Å². The summed E-state index contributed by atoms with van der Waals surface area (Å²) >= 11 is 11.4. The van der Waals surface area contributed by atoms with Crippen LogP contribution in [0.2, 0.25) is 5.02 Å². The maximum Gasteiger partial charge on any atom is 0.417 e. The zero-order valence-corrected chi connectivity index (χ0v) is 19.3. The second kappa shape index (κ2) is 10.5. The number of oxime groups is 1. The molecule has 0 unspecified atom stereocenters. The second-order valence-corrected chi connectivity index (χ2v) is 8.96. The predicted molar refractivity (Wildman–Crippen MR) is 116 cm³/mol. The van der Waals surface area contributed by atoms with E-state index in [4.69, 9.17) is 16.4 Å². The second-order valence-electron chi connectivity index (χ2n) is 5.87. The molecule has 0 amide bonds. The van der Waals surface area contributed by atoms with Gasteiger partial charge in [-0.25, -0.2) is 4.98 Å². The summed E-state index contributed by atoms with van der Waals surface area (Å²) in [4.78, 5) is 9.67. The van der Waals surface area contributed by atoms with Gasteiger partial charge < -0.3 is 4.84 Å². The molecule has 0 aliphatic rings. The average molecular weight is 548 g/mol. The van der Waals surface area contributed by atoms with Crippen molar-refractivity contribution in [2.75, 3.05) is 0 Å². The molecule has 3 rings (SSSR count). The van der Waals surface area contributed by atoms with Crippen molar-refractivity contribution in [1.82, 2.24) is 9.36 Å². The van der Waals surface area contributed by atoms with Crippen molar-refractivity contribution in [2.24, 2.45) is 5.16 Å². The highest BCUT2D eigenvalue weighted by atomic mass is 79.9. The number of hydrogen-bond acceptors (Lipinski definition) is 7. The summed E-state index contributed by atoms with van der Waals surface area (Å²) in [6, 6.07) is 10.4. The van der Waals surface area contributed by atoms with Crippen molar-refractivity contribution in [3.8, 4) is 6.07 Å². The van der Waals surface area contributed by atoms with Crippen LogP contribution in [0.15, 0.2) is 56.2 Å². The summed E-state index contributed by atoms with van der Waals surface area (Å²) in [5.41, 5.74) is 0.292. The summed E-state index contributed by atoms with van der Waals surface area (Å²) in [7, 11) is 0. The lowest BCUT2D eigenvalue weighted by molar-refractivity contribution is -0.137. The van der Waals surface area contributed by atoms with Gasteiger partial charge in [0.25, 0.3) is 0 Å². The first kappa shape index (κ1) is 23.5. The smallest absolute Gasteiger partial charge is 0.391 e. The summed E-state index contributed by atoms with van der Waals surface area (Å²) in [5, 5.41) is 13.7. The molecule has 0 N–H and O–H groups in total. The van der Waals surface area contributed by atoms with E-state index in [-0.39, 0.29) is 16.7 Å². The normalized spacial score (nSPS) is 11.6. The number of benzene rings is 1. The van der Waals surface area contributed by atoms with Crippen LogP contribution in [0.3, 0.4) is 0 Å². The number of halogens is 5. The van der Waals surface area contributed by atoms with Crippen LogP contribution in [0.1, 0.15) is 21.6 Å². The van der Waals surface area contributed by atoms with Crippen LogP contribution in [0, 0.1) is 11.3 Å². The van der Waals surface area contributed by atoms with Crippen molar-refractivity contribution in [2.45, 2.75) is 29.3 Å². The number of nitriles is 1.